The van der Waals surface area contributed by atoms with Gasteiger partial charge in [-0.3, -0.25) is 4.79 Å². The Hall–Kier alpha value is -3.80. The molecule has 0 saturated heterocycles. The van der Waals surface area contributed by atoms with E-state index < -0.39 is 5.97 Å². The predicted octanol–water partition coefficient (Wildman–Crippen LogP) is 5.01. The molecule has 0 aliphatic rings. The van der Waals surface area contributed by atoms with Gasteiger partial charge in [-0.15, -0.1) is 0 Å². The summed E-state index contributed by atoms with van der Waals surface area (Å²) in [6.45, 7) is 4.67. The van der Waals surface area contributed by atoms with Crippen LogP contribution in [0.25, 0.3) is 0 Å². The van der Waals surface area contributed by atoms with Crippen LogP contribution in [-0.4, -0.2) is 25.6 Å². The van der Waals surface area contributed by atoms with Gasteiger partial charge in [-0.25, -0.2) is 4.79 Å². The van der Waals surface area contributed by atoms with Crippen molar-refractivity contribution in [3.8, 4) is 11.5 Å². The standard InChI is InChI=1S/C25H25NO5/c1-4-30-23-14-11-19(15-20(23)16-31-22-8-6-5-7-17(22)2)24(27)26-21-12-9-18(10-13-21)25(28)29-3/h5-15H,4,16H2,1-3H3,(H,26,27). The lowest BCUT2D eigenvalue weighted by Crippen LogP contribution is -2.13. The largest absolute Gasteiger partial charge is 0.493 e. The predicted molar refractivity (Wildman–Crippen MR) is 119 cm³/mol. The van der Waals surface area contributed by atoms with E-state index in [0.717, 1.165) is 16.9 Å². The lowest BCUT2D eigenvalue weighted by Gasteiger charge is -2.14. The van der Waals surface area contributed by atoms with Gasteiger partial charge in [-0.2, -0.15) is 0 Å². The molecule has 1 N–H and O–H groups in total. The summed E-state index contributed by atoms with van der Waals surface area (Å²) in [6, 6.07) is 19.5. The summed E-state index contributed by atoms with van der Waals surface area (Å²) >= 11 is 0. The molecule has 31 heavy (non-hydrogen) atoms. The van der Waals surface area contributed by atoms with E-state index in [2.05, 4.69) is 10.1 Å². The highest BCUT2D eigenvalue weighted by Gasteiger charge is 2.13. The fourth-order valence-electron chi connectivity index (χ4n) is 3.01. The molecule has 3 aromatic rings. The van der Waals surface area contributed by atoms with Crippen molar-refractivity contribution in [1.82, 2.24) is 0 Å². The van der Waals surface area contributed by atoms with Gasteiger partial charge in [0.05, 0.1) is 19.3 Å². The fourth-order valence-corrected chi connectivity index (χ4v) is 3.01. The Morgan fingerprint density at radius 1 is 0.871 bits per heavy atom. The van der Waals surface area contributed by atoms with Gasteiger partial charge in [0.1, 0.15) is 18.1 Å². The summed E-state index contributed by atoms with van der Waals surface area (Å²) in [5.41, 5.74) is 3.27. The van der Waals surface area contributed by atoms with E-state index in [-0.39, 0.29) is 12.5 Å². The molecular formula is C25H25NO5. The molecule has 0 atom stereocenters. The van der Waals surface area contributed by atoms with E-state index in [0.29, 0.717) is 29.2 Å². The van der Waals surface area contributed by atoms with Crippen LogP contribution in [-0.2, 0) is 11.3 Å². The Labute approximate surface area is 181 Å². The van der Waals surface area contributed by atoms with Crippen LogP contribution in [0.15, 0.2) is 66.7 Å². The number of carbonyl (C=O) groups is 2. The summed E-state index contributed by atoms with van der Waals surface area (Å²) in [4.78, 5) is 24.3. The molecule has 3 aromatic carbocycles. The maximum atomic E-state index is 12.8. The zero-order valence-corrected chi connectivity index (χ0v) is 17.8. The summed E-state index contributed by atoms with van der Waals surface area (Å²) in [7, 11) is 1.32. The average molecular weight is 419 g/mol. The highest BCUT2D eigenvalue weighted by molar-refractivity contribution is 6.04. The van der Waals surface area contributed by atoms with Gasteiger partial charge in [0, 0.05) is 16.8 Å². The molecule has 0 radical (unpaired) electrons. The molecule has 0 heterocycles. The second-order valence-corrected chi connectivity index (χ2v) is 6.83. The molecule has 0 saturated carbocycles. The van der Waals surface area contributed by atoms with Crippen molar-refractivity contribution in [3.05, 3.63) is 89.0 Å². The SMILES string of the molecule is CCOc1ccc(C(=O)Nc2ccc(C(=O)OC)cc2)cc1COc1ccccc1C. The smallest absolute Gasteiger partial charge is 0.337 e. The third-order valence-electron chi connectivity index (χ3n) is 4.66. The molecule has 1 amide bonds. The van der Waals surface area contributed by atoms with E-state index in [4.69, 9.17) is 9.47 Å². The maximum Gasteiger partial charge on any atom is 0.337 e. The molecule has 0 aliphatic carbocycles. The van der Waals surface area contributed by atoms with Crippen molar-refractivity contribution in [1.29, 1.82) is 0 Å². The number of hydrogen-bond donors (Lipinski definition) is 1. The van der Waals surface area contributed by atoms with Gasteiger partial charge in [-0.05, 0) is 67.9 Å². The van der Waals surface area contributed by atoms with Gasteiger partial charge in [0.15, 0.2) is 0 Å². The number of esters is 1. The minimum atomic E-state index is -0.428. The van der Waals surface area contributed by atoms with Crippen LogP contribution in [0, 0.1) is 6.92 Å². The molecule has 0 spiro atoms. The molecule has 0 aliphatic heterocycles. The summed E-state index contributed by atoms with van der Waals surface area (Å²) in [6.07, 6.45) is 0. The van der Waals surface area contributed by atoms with Crippen molar-refractivity contribution < 1.29 is 23.8 Å². The van der Waals surface area contributed by atoms with E-state index in [1.54, 1.807) is 42.5 Å². The third-order valence-corrected chi connectivity index (χ3v) is 4.66. The second-order valence-electron chi connectivity index (χ2n) is 6.83. The van der Waals surface area contributed by atoms with Crippen LogP contribution in [0.1, 0.15) is 38.8 Å². The maximum absolute atomic E-state index is 12.8. The first-order chi connectivity index (χ1) is 15.0. The number of carbonyl (C=O) groups excluding carboxylic acids is 2. The van der Waals surface area contributed by atoms with Crippen LogP contribution in [0.3, 0.4) is 0 Å². The highest BCUT2D eigenvalue weighted by atomic mass is 16.5. The van der Waals surface area contributed by atoms with Crippen LogP contribution in [0.5, 0.6) is 11.5 Å². The van der Waals surface area contributed by atoms with Crippen molar-refractivity contribution in [2.45, 2.75) is 20.5 Å². The molecule has 0 fully saturated rings. The summed E-state index contributed by atoms with van der Waals surface area (Å²) in [5, 5.41) is 2.83. The Kier molecular flexibility index (Phi) is 7.27. The van der Waals surface area contributed by atoms with Gasteiger partial charge in [0.2, 0.25) is 0 Å². The van der Waals surface area contributed by atoms with Crippen LogP contribution in [0.2, 0.25) is 0 Å². The number of benzene rings is 3. The number of rotatable bonds is 8. The molecular weight excluding hydrogens is 394 g/mol. The number of anilines is 1. The van der Waals surface area contributed by atoms with Gasteiger partial charge in [-0.1, -0.05) is 18.2 Å². The van der Waals surface area contributed by atoms with Crippen LogP contribution in [0.4, 0.5) is 5.69 Å². The number of ether oxygens (including phenoxy) is 3. The number of hydrogen-bond acceptors (Lipinski definition) is 5. The number of methoxy groups -OCH3 is 1. The minimum absolute atomic E-state index is 0.272. The Morgan fingerprint density at radius 3 is 2.26 bits per heavy atom. The number of nitrogens with one attached hydrogen (secondary N) is 1. The van der Waals surface area contributed by atoms with E-state index in [1.807, 2.05) is 38.1 Å². The molecule has 0 unspecified atom stereocenters. The van der Waals surface area contributed by atoms with E-state index in [9.17, 15) is 9.59 Å². The normalized spacial score (nSPS) is 10.3. The molecule has 3 rings (SSSR count). The molecule has 0 bridgehead atoms. The van der Waals surface area contributed by atoms with Gasteiger partial charge in [0.25, 0.3) is 5.91 Å². The lowest BCUT2D eigenvalue weighted by atomic mass is 10.1. The summed E-state index contributed by atoms with van der Waals surface area (Å²) in [5.74, 6) is 0.759. The highest BCUT2D eigenvalue weighted by Crippen LogP contribution is 2.25. The number of aryl methyl sites for hydroxylation is 1. The topological polar surface area (TPSA) is 73.9 Å². The van der Waals surface area contributed by atoms with E-state index >= 15 is 0 Å². The lowest BCUT2D eigenvalue weighted by molar-refractivity contribution is 0.0600. The second kappa shape index (κ2) is 10.3. The zero-order valence-electron chi connectivity index (χ0n) is 17.8. The molecule has 160 valence electrons. The first-order valence-corrected chi connectivity index (χ1v) is 9.95. The van der Waals surface area contributed by atoms with Crippen molar-refractivity contribution in [2.75, 3.05) is 19.0 Å². The van der Waals surface area contributed by atoms with Gasteiger partial charge >= 0.3 is 5.97 Å². The van der Waals surface area contributed by atoms with Gasteiger partial charge < -0.3 is 19.5 Å². The molecule has 6 heteroatoms. The molecule has 0 aromatic heterocycles. The molecule has 6 nitrogen and oxygen atoms in total. The number of amides is 1. The average Bonchev–Trinajstić information content (AvgIpc) is 2.79. The zero-order chi connectivity index (χ0) is 22.2. The van der Waals surface area contributed by atoms with Crippen molar-refractivity contribution in [2.24, 2.45) is 0 Å². The van der Waals surface area contributed by atoms with Crippen LogP contribution < -0.4 is 14.8 Å². The quantitative estimate of drug-likeness (QED) is 0.520. The fraction of sp³-hybridized carbons (Fsp3) is 0.200. The Bertz CT molecular complexity index is 1060. The first kappa shape index (κ1) is 21.9. The van der Waals surface area contributed by atoms with Crippen molar-refractivity contribution in [3.63, 3.8) is 0 Å². The number of para-hydroxylation sites is 1. The summed E-state index contributed by atoms with van der Waals surface area (Å²) < 4.78 is 16.3. The Morgan fingerprint density at radius 2 is 1.58 bits per heavy atom. The Balaban J connectivity index is 1.76. The van der Waals surface area contributed by atoms with E-state index in [1.165, 1.54) is 7.11 Å². The minimum Gasteiger partial charge on any atom is -0.493 e. The van der Waals surface area contributed by atoms with Crippen molar-refractivity contribution >= 4 is 17.6 Å². The van der Waals surface area contributed by atoms with Crippen LogP contribution >= 0.6 is 0 Å². The third kappa shape index (κ3) is 5.63. The monoisotopic (exact) mass is 419 g/mol. The first-order valence-electron chi connectivity index (χ1n) is 9.95.